The second-order valence-corrected chi connectivity index (χ2v) is 5.82. The summed E-state index contributed by atoms with van der Waals surface area (Å²) >= 11 is 0. The van der Waals surface area contributed by atoms with Crippen molar-refractivity contribution < 1.29 is 19.1 Å². The Bertz CT molecular complexity index is 982. The van der Waals surface area contributed by atoms with E-state index >= 15 is 0 Å². The molecule has 2 aromatic carbocycles. The molecule has 26 heavy (non-hydrogen) atoms. The number of carboxylic acid groups (broad SMARTS) is 1. The van der Waals surface area contributed by atoms with Gasteiger partial charge < -0.3 is 10.4 Å². The fourth-order valence-electron chi connectivity index (χ4n) is 2.60. The molecule has 132 valence electrons. The maximum atomic E-state index is 14.2. The Morgan fingerprint density at radius 1 is 1.23 bits per heavy atom. The van der Waals surface area contributed by atoms with Gasteiger partial charge in [0.2, 0.25) is 0 Å². The molecule has 0 spiro atoms. The highest BCUT2D eigenvalue weighted by atomic mass is 19.1. The van der Waals surface area contributed by atoms with Gasteiger partial charge in [0.1, 0.15) is 5.82 Å². The number of benzene rings is 2. The van der Waals surface area contributed by atoms with Crippen LogP contribution in [0.1, 0.15) is 15.9 Å². The summed E-state index contributed by atoms with van der Waals surface area (Å²) in [5.74, 6) is -1.82. The third kappa shape index (κ3) is 3.94. The Hall–Kier alpha value is -3.48. The van der Waals surface area contributed by atoms with E-state index in [0.29, 0.717) is 22.4 Å². The lowest BCUT2D eigenvalue weighted by atomic mass is 9.99. The van der Waals surface area contributed by atoms with Crippen molar-refractivity contribution in [1.82, 2.24) is 9.78 Å². The number of aliphatic carboxylic acids is 1. The molecule has 0 bridgehead atoms. The summed E-state index contributed by atoms with van der Waals surface area (Å²) in [5.41, 5.74) is 2.14. The van der Waals surface area contributed by atoms with Gasteiger partial charge in [0, 0.05) is 24.4 Å². The highest BCUT2D eigenvalue weighted by Crippen LogP contribution is 2.25. The second kappa shape index (κ2) is 7.18. The third-order valence-corrected chi connectivity index (χ3v) is 3.78. The summed E-state index contributed by atoms with van der Waals surface area (Å²) in [6, 6.07) is 10.7. The Balaban J connectivity index is 1.89. The van der Waals surface area contributed by atoms with Crippen molar-refractivity contribution in [2.24, 2.45) is 7.05 Å². The summed E-state index contributed by atoms with van der Waals surface area (Å²) < 4.78 is 15.8. The molecular weight excluding hydrogens is 337 g/mol. The highest BCUT2D eigenvalue weighted by molar-refractivity contribution is 6.04. The SMILES string of the molecule is Cn1cc(NC(=O)c2cccc(-c3cc(CC(=O)O)ccc3F)c2)cn1. The molecule has 0 fully saturated rings. The minimum Gasteiger partial charge on any atom is -0.481 e. The van der Waals surface area contributed by atoms with Crippen LogP contribution < -0.4 is 5.32 Å². The van der Waals surface area contributed by atoms with Gasteiger partial charge in [-0.2, -0.15) is 5.10 Å². The van der Waals surface area contributed by atoms with Crippen molar-refractivity contribution in [2.45, 2.75) is 6.42 Å². The van der Waals surface area contributed by atoms with Crippen molar-refractivity contribution in [3.63, 3.8) is 0 Å². The zero-order chi connectivity index (χ0) is 18.7. The monoisotopic (exact) mass is 353 g/mol. The Morgan fingerprint density at radius 3 is 2.73 bits per heavy atom. The average molecular weight is 353 g/mol. The first-order valence-corrected chi connectivity index (χ1v) is 7.83. The normalized spacial score (nSPS) is 10.5. The molecule has 6 nitrogen and oxygen atoms in total. The number of rotatable bonds is 5. The Labute approximate surface area is 148 Å². The summed E-state index contributed by atoms with van der Waals surface area (Å²) in [7, 11) is 1.74. The first kappa shape index (κ1) is 17.3. The summed E-state index contributed by atoms with van der Waals surface area (Å²) in [4.78, 5) is 23.3. The van der Waals surface area contributed by atoms with E-state index in [0.717, 1.165) is 0 Å². The van der Waals surface area contributed by atoms with Gasteiger partial charge in [-0.05, 0) is 35.4 Å². The van der Waals surface area contributed by atoms with E-state index in [2.05, 4.69) is 10.4 Å². The number of aryl methyl sites for hydroxylation is 1. The van der Waals surface area contributed by atoms with Crippen LogP contribution in [-0.4, -0.2) is 26.8 Å². The molecule has 0 atom stereocenters. The molecule has 3 rings (SSSR count). The van der Waals surface area contributed by atoms with Gasteiger partial charge in [0.25, 0.3) is 5.91 Å². The number of aromatic nitrogens is 2. The fraction of sp³-hybridized carbons (Fsp3) is 0.105. The average Bonchev–Trinajstić information content (AvgIpc) is 3.01. The lowest BCUT2D eigenvalue weighted by molar-refractivity contribution is -0.136. The molecule has 1 amide bonds. The number of nitrogens with zero attached hydrogens (tertiary/aromatic N) is 2. The third-order valence-electron chi connectivity index (χ3n) is 3.78. The van der Waals surface area contributed by atoms with Crippen molar-refractivity contribution in [3.8, 4) is 11.1 Å². The second-order valence-electron chi connectivity index (χ2n) is 5.82. The molecule has 0 saturated heterocycles. The molecule has 0 aliphatic rings. The van der Waals surface area contributed by atoms with Crippen molar-refractivity contribution >= 4 is 17.6 Å². The van der Waals surface area contributed by atoms with Gasteiger partial charge in [0.05, 0.1) is 18.3 Å². The zero-order valence-electron chi connectivity index (χ0n) is 13.9. The van der Waals surface area contributed by atoms with E-state index in [1.165, 1.54) is 24.4 Å². The van der Waals surface area contributed by atoms with E-state index in [1.807, 2.05) is 0 Å². The van der Waals surface area contributed by atoms with Crippen LogP contribution in [0.25, 0.3) is 11.1 Å². The van der Waals surface area contributed by atoms with Crippen LogP contribution in [-0.2, 0) is 18.3 Å². The number of anilines is 1. The molecule has 1 heterocycles. The van der Waals surface area contributed by atoms with Gasteiger partial charge in [-0.3, -0.25) is 14.3 Å². The number of amides is 1. The largest absolute Gasteiger partial charge is 0.481 e. The van der Waals surface area contributed by atoms with Crippen LogP contribution in [0, 0.1) is 5.82 Å². The molecule has 0 aliphatic heterocycles. The zero-order valence-corrected chi connectivity index (χ0v) is 13.9. The first-order chi connectivity index (χ1) is 12.4. The molecule has 1 aromatic heterocycles. The van der Waals surface area contributed by atoms with Gasteiger partial charge in [-0.1, -0.05) is 18.2 Å². The predicted molar refractivity (Wildman–Crippen MR) is 94.3 cm³/mol. The lowest BCUT2D eigenvalue weighted by Crippen LogP contribution is -2.11. The van der Waals surface area contributed by atoms with Gasteiger partial charge >= 0.3 is 5.97 Å². The molecule has 7 heteroatoms. The van der Waals surface area contributed by atoms with Crippen LogP contribution >= 0.6 is 0 Å². The molecule has 0 saturated carbocycles. The highest BCUT2D eigenvalue weighted by Gasteiger charge is 2.12. The quantitative estimate of drug-likeness (QED) is 0.738. The fourth-order valence-corrected chi connectivity index (χ4v) is 2.60. The predicted octanol–water partition coefficient (Wildman–Crippen LogP) is 3.11. The maximum absolute atomic E-state index is 14.2. The summed E-state index contributed by atoms with van der Waals surface area (Å²) in [6.07, 6.45) is 2.99. The molecule has 2 N–H and O–H groups in total. The van der Waals surface area contributed by atoms with E-state index < -0.39 is 11.8 Å². The van der Waals surface area contributed by atoms with Crippen LogP contribution in [0.2, 0.25) is 0 Å². The Morgan fingerprint density at radius 2 is 2.04 bits per heavy atom. The number of nitrogens with one attached hydrogen (secondary N) is 1. The number of carbonyl (C=O) groups excluding carboxylic acids is 1. The number of carbonyl (C=O) groups is 2. The molecular formula is C19H16FN3O3. The minimum absolute atomic E-state index is 0.200. The lowest BCUT2D eigenvalue weighted by Gasteiger charge is -2.08. The van der Waals surface area contributed by atoms with Gasteiger partial charge in [0.15, 0.2) is 0 Å². The van der Waals surface area contributed by atoms with Crippen molar-refractivity contribution in [1.29, 1.82) is 0 Å². The number of carboxylic acids is 1. The van der Waals surface area contributed by atoms with E-state index in [4.69, 9.17) is 5.11 Å². The van der Waals surface area contributed by atoms with Crippen molar-refractivity contribution in [2.75, 3.05) is 5.32 Å². The smallest absolute Gasteiger partial charge is 0.307 e. The summed E-state index contributed by atoms with van der Waals surface area (Å²) in [6.45, 7) is 0. The van der Waals surface area contributed by atoms with Crippen LogP contribution in [0.5, 0.6) is 0 Å². The molecule has 0 radical (unpaired) electrons. The van der Waals surface area contributed by atoms with E-state index in [-0.39, 0.29) is 17.9 Å². The first-order valence-electron chi connectivity index (χ1n) is 7.83. The number of hydrogen-bond acceptors (Lipinski definition) is 3. The number of halogens is 1. The van der Waals surface area contributed by atoms with Gasteiger partial charge in [-0.25, -0.2) is 4.39 Å². The topological polar surface area (TPSA) is 84.2 Å². The standard InChI is InChI=1S/C19H16FN3O3/c1-23-11-15(10-21-23)22-19(26)14-4-2-3-13(9-14)16-7-12(8-18(24)25)5-6-17(16)20/h2-7,9-11H,8H2,1H3,(H,22,26)(H,24,25). The van der Waals surface area contributed by atoms with E-state index in [9.17, 15) is 14.0 Å². The van der Waals surface area contributed by atoms with Crippen molar-refractivity contribution in [3.05, 3.63) is 71.8 Å². The van der Waals surface area contributed by atoms with Crippen LogP contribution in [0.4, 0.5) is 10.1 Å². The summed E-state index contributed by atoms with van der Waals surface area (Å²) in [5, 5.41) is 15.6. The molecule has 0 unspecified atom stereocenters. The molecule has 0 aliphatic carbocycles. The minimum atomic E-state index is -0.993. The van der Waals surface area contributed by atoms with E-state index in [1.54, 1.807) is 42.2 Å². The molecule has 3 aromatic rings. The maximum Gasteiger partial charge on any atom is 0.307 e. The van der Waals surface area contributed by atoms with Crippen LogP contribution in [0.3, 0.4) is 0 Å². The van der Waals surface area contributed by atoms with Crippen LogP contribution in [0.15, 0.2) is 54.9 Å². The Kier molecular flexibility index (Phi) is 4.79. The van der Waals surface area contributed by atoms with Gasteiger partial charge in [-0.15, -0.1) is 0 Å². The number of hydrogen-bond donors (Lipinski definition) is 2.